The molecule has 1 unspecified atom stereocenters. The quantitative estimate of drug-likeness (QED) is 0.562. The Bertz CT molecular complexity index is 462. The van der Waals surface area contributed by atoms with Crippen LogP contribution in [0, 0.1) is 0 Å². The predicted molar refractivity (Wildman–Crippen MR) is 66.2 cm³/mol. The first kappa shape index (κ1) is 13.8. The zero-order valence-corrected chi connectivity index (χ0v) is 11.3. The van der Waals surface area contributed by atoms with Gasteiger partial charge >= 0.3 is 11.9 Å². The topological polar surface area (TPSA) is 69.7 Å². The van der Waals surface area contributed by atoms with E-state index < -0.39 is 11.6 Å². The molecule has 5 nitrogen and oxygen atoms in total. The van der Waals surface area contributed by atoms with Crippen LogP contribution in [0.2, 0.25) is 0 Å². The Labute approximate surface area is 111 Å². The van der Waals surface area contributed by atoms with Gasteiger partial charge in [0, 0.05) is 12.8 Å². The monoisotopic (exact) mass is 266 g/mol. The highest BCUT2D eigenvalue weighted by atomic mass is 16.6. The molecule has 0 N–H and O–H groups in total. The summed E-state index contributed by atoms with van der Waals surface area (Å²) < 4.78 is 10.4. The average Bonchev–Trinajstić information content (AvgIpc) is 2.48. The van der Waals surface area contributed by atoms with Gasteiger partial charge in [-0.25, -0.2) is 4.79 Å². The normalized spacial score (nSPS) is 27.5. The fourth-order valence-corrected chi connectivity index (χ4v) is 2.71. The van der Waals surface area contributed by atoms with E-state index in [-0.39, 0.29) is 30.4 Å². The highest BCUT2D eigenvalue weighted by Gasteiger charge is 2.44. The molecular formula is C14H18O5. The molecule has 0 aromatic heterocycles. The highest BCUT2D eigenvalue weighted by molar-refractivity contribution is 6.18. The molecule has 0 amide bonds. The number of ketones is 1. The number of hydrogen-bond donors (Lipinski definition) is 0. The Morgan fingerprint density at radius 1 is 1.32 bits per heavy atom. The van der Waals surface area contributed by atoms with E-state index in [4.69, 9.17) is 9.47 Å². The van der Waals surface area contributed by atoms with E-state index in [1.807, 2.05) is 0 Å². The number of esters is 2. The van der Waals surface area contributed by atoms with Crippen LogP contribution in [0.25, 0.3) is 0 Å². The van der Waals surface area contributed by atoms with Gasteiger partial charge in [-0.15, -0.1) is 0 Å². The number of Topliss-reactive ketones (excluding diaryl/α,β-unsaturated/α-hetero) is 1. The second-order valence-corrected chi connectivity index (χ2v) is 5.06. The molecule has 2 aliphatic rings. The van der Waals surface area contributed by atoms with Crippen molar-refractivity contribution < 1.29 is 23.9 Å². The molecule has 0 radical (unpaired) electrons. The van der Waals surface area contributed by atoms with Gasteiger partial charge in [0.15, 0.2) is 5.78 Å². The summed E-state index contributed by atoms with van der Waals surface area (Å²) in [5.74, 6) is -1.06. The summed E-state index contributed by atoms with van der Waals surface area (Å²) in [5.41, 5.74) is -0.0952. The van der Waals surface area contributed by atoms with E-state index >= 15 is 0 Å². The van der Waals surface area contributed by atoms with Gasteiger partial charge < -0.3 is 9.47 Å². The fourth-order valence-electron chi connectivity index (χ4n) is 2.71. The SMILES string of the molecule is CCOC(=O)C1=C2CCCC(=O)OC2(C)CCC1=O. The highest BCUT2D eigenvalue weighted by Crippen LogP contribution is 2.40. The first-order valence-electron chi connectivity index (χ1n) is 6.63. The molecule has 0 aromatic carbocycles. The number of ether oxygens (including phenoxy) is 2. The van der Waals surface area contributed by atoms with Crippen molar-refractivity contribution in [2.24, 2.45) is 0 Å². The Hall–Kier alpha value is -1.65. The van der Waals surface area contributed by atoms with E-state index in [0.29, 0.717) is 31.3 Å². The van der Waals surface area contributed by atoms with Gasteiger partial charge in [0.25, 0.3) is 0 Å². The van der Waals surface area contributed by atoms with Gasteiger partial charge in [-0.05, 0) is 38.7 Å². The van der Waals surface area contributed by atoms with Gasteiger partial charge in [0.2, 0.25) is 0 Å². The zero-order chi connectivity index (χ0) is 14.0. The molecule has 1 aliphatic carbocycles. The molecular weight excluding hydrogens is 248 g/mol. The minimum atomic E-state index is -0.830. The number of hydrogen-bond acceptors (Lipinski definition) is 5. The van der Waals surface area contributed by atoms with Crippen molar-refractivity contribution in [2.75, 3.05) is 6.61 Å². The summed E-state index contributed by atoms with van der Waals surface area (Å²) in [4.78, 5) is 35.5. The second-order valence-electron chi connectivity index (χ2n) is 5.06. The standard InChI is InChI=1S/C14H18O5/c1-3-18-13(17)12-9-5-4-6-11(16)19-14(9,2)8-7-10(12)15/h3-8H2,1-2H3. The molecule has 0 spiro atoms. The third-order valence-corrected chi connectivity index (χ3v) is 3.67. The minimum absolute atomic E-state index is 0.102. The predicted octanol–water partition coefficient (Wildman–Crippen LogP) is 1.69. The lowest BCUT2D eigenvalue weighted by molar-refractivity contribution is -0.156. The molecule has 0 aromatic rings. The maximum absolute atomic E-state index is 12.0. The van der Waals surface area contributed by atoms with Gasteiger partial charge in [-0.3, -0.25) is 9.59 Å². The largest absolute Gasteiger partial charge is 0.462 e. The van der Waals surface area contributed by atoms with E-state index in [1.54, 1.807) is 13.8 Å². The van der Waals surface area contributed by atoms with Gasteiger partial charge in [-0.1, -0.05) is 0 Å². The Morgan fingerprint density at radius 2 is 2.05 bits per heavy atom. The van der Waals surface area contributed by atoms with E-state index in [9.17, 15) is 14.4 Å². The van der Waals surface area contributed by atoms with Crippen LogP contribution in [0.1, 0.15) is 46.0 Å². The molecule has 104 valence electrons. The van der Waals surface area contributed by atoms with Crippen LogP contribution >= 0.6 is 0 Å². The van der Waals surface area contributed by atoms with Gasteiger partial charge in [-0.2, -0.15) is 0 Å². The Kier molecular flexibility index (Phi) is 3.73. The molecule has 5 heteroatoms. The minimum Gasteiger partial charge on any atom is -0.462 e. The van der Waals surface area contributed by atoms with Crippen LogP contribution in [-0.4, -0.2) is 29.9 Å². The Morgan fingerprint density at radius 3 is 2.74 bits per heavy atom. The summed E-state index contributed by atoms with van der Waals surface area (Å²) in [7, 11) is 0. The first-order valence-corrected chi connectivity index (χ1v) is 6.63. The van der Waals surface area contributed by atoms with Crippen molar-refractivity contribution >= 4 is 17.7 Å². The van der Waals surface area contributed by atoms with Crippen molar-refractivity contribution in [1.82, 2.24) is 0 Å². The van der Waals surface area contributed by atoms with E-state index in [2.05, 4.69) is 0 Å². The smallest absolute Gasteiger partial charge is 0.341 e. The number of rotatable bonds is 2. The van der Waals surface area contributed by atoms with Crippen molar-refractivity contribution in [3.63, 3.8) is 0 Å². The molecule has 1 atom stereocenters. The maximum atomic E-state index is 12.0. The van der Waals surface area contributed by atoms with Crippen molar-refractivity contribution in [1.29, 1.82) is 0 Å². The summed E-state index contributed by atoms with van der Waals surface area (Å²) in [6, 6.07) is 0. The molecule has 19 heavy (non-hydrogen) atoms. The number of carbonyl (C=O) groups is 3. The van der Waals surface area contributed by atoms with Crippen LogP contribution < -0.4 is 0 Å². The molecule has 2 rings (SSSR count). The van der Waals surface area contributed by atoms with E-state index in [0.717, 1.165) is 0 Å². The number of fused-ring (bicyclic) bond motifs is 1. The maximum Gasteiger partial charge on any atom is 0.341 e. The van der Waals surface area contributed by atoms with Crippen LogP contribution in [0.3, 0.4) is 0 Å². The fraction of sp³-hybridized carbons (Fsp3) is 0.643. The van der Waals surface area contributed by atoms with Crippen LogP contribution in [-0.2, 0) is 23.9 Å². The lowest BCUT2D eigenvalue weighted by Crippen LogP contribution is -2.40. The summed E-state index contributed by atoms with van der Waals surface area (Å²) in [5, 5.41) is 0. The van der Waals surface area contributed by atoms with Crippen LogP contribution in [0.5, 0.6) is 0 Å². The third-order valence-electron chi connectivity index (χ3n) is 3.67. The lowest BCUT2D eigenvalue weighted by atomic mass is 9.77. The van der Waals surface area contributed by atoms with Crippen molar-refractivity contribution in [2.45, 2.75) is 51.6 Å². The summed E-state index contributed by atoms with van der Waals surface area (Å²) in [6.07, 6.45) is 2.10. The zero-order valence-electron chi connectivity index (χ0n) is 11.3. The number of carbonyl (C=O) groups excluding carboxylic acids is 3. The summed E-state index contributed by atoms with van der Waals surface area (Å²) in [6.45, 7) is 3.69. The second kappa shape index (κ2) is 5.15. The molecule has 0 bridgehead atoms. The van der Waals surface area contributed by atoms with Crippen LogP contribution in [0.4, 0.5) is 0 Å². The van der Waals surface area contributed by atoms with E-state index in [1.165, 1.54) is 0 Å². The summed E-state index contributed by atoms with van der Waals surface area (Å²) >= 11 is 0. The first-order chi connectivity index (χ1) is 8.98. The molecule has 1 heterocycles. The molecule has 1 saturated heterocycles. The molecule has 1 fully saturated rings. The molecule has 1 aliphatic heterocycles. The van der Waals surface area contributed by atoms with Crippen molar-refractivity contribution in [3.05, 3.63) is 11.1 Å². The van der Waals surface area contributed by atoms with Gasteiger partial charge in [0.1, 0.15) is 11.2 Å². The lowest BCUT2D eigenvalue weighted by Gasteiger charge is -2.34. The van der Waals surface area contributed by atoms with Crippen LogP contribution in [0.15, 0.2) is 11.1 Å². The van der Waals surface area contributed by atoms with Crippen molar-refractivity contribution in [3.8, 4) is 0 Å². The third kappa shape index (κ3) is 2.55. The van der Waals surface area contributed by atoms with Gasteiger partial charge in [0.05, 0.1) is 6.61 Å². The Balaban J connectivity index is 2.47. The molecule has 0 saturated carbocycles. The average molecular weight is 266 g/mol.